The third kappa shape index (κ3) is 6.80. The number of aromatic carboxylic acids is 1. The first-order chi connectivity index (χ1) is 12.2. The number of rotatable bonds is 3. The fourth-order valence-electron chi connectivity index (χ4n) is 1.95. The van der Waals surface area contributed by atoms with Gasteiger partial charge in [-0.2, -0.15) is 4.90 Å². The Hall–Kier alpha value is -1.61. The maximum Gasteiger partial charge on any atom is 0.424 e. The first-order valence-corrected chi connectivity index (χ1v) is 9.95. The molecule has 9 heteroatoms. The van der Waals surface area contributed by atoms with Crippen LogP contribution in [0.15, 0.2) is 16.6 Å². The molecule has 27 heavy (non-hydrogen) atoms. The van der Waals surface area contributed by atoms with Gasteiger partial charge in [-0.15, -0.1) is 0 Å². The van der Waals surface area contributed by atoms with Gasteiger partial charge >= 0.3 is 18.2 Å². The summed E-state index contributed by atoms with van der Waals surface area (Å²) >= 11 is 6.58. The van der Waals surface area contributed by atoms with Gasteiger partial charge in [-0.05, 0) is 59.2 Å². The van der Waals surface area contributed by atoms with Crippen molar-refractivity contribution < 1.29 is 29.0 Å². The van der Waals surface area contributed by atoms with E-state index < -0.39 is 29.4 Å². The minimum Gasteiger partial charge on any atom is -0.478 e. The van der Waals surface area contributed by atoms with E-state index in [1.54, 1.807) is 41.5 Å². The Balaban J connectivity index is 3.61. The summed E-state index contributed by atoms with van der Waals surface area (Å²) in [6, 6.07) is 2.76. The molecule has 0 saturated heterocycles. The van der Waals surface area contributed by atoms with Crippen LogP contribution in [0.1, 0.15) is 57.5 Å². The van der Waals surface area contributed by atoms with E-state index in [0.29, 0.717) is 20.3 Å². The first kappa shape index (κ1) is 23.4. The highest BCUT2D eigenvalue weighted by atomic mass is 79.9. The summed E-state index contributed by atoms with van der Waals surface area (Å²) in [4.78, 5) is 37.8. The number of carbonyl (C=O) groups is 3. The highest BCUT2D eigenvalue weighted by Crippen LogP contribution is 2.32. The average Bonchev–Trinajstić information content (AvgIpc) is 2.44. The van der Waals surface area contributed by atoms with Crippen molar-refractivity contribution >= 4 is 55.7 Å². The summed E-state index contributed by atoms with van der Waals surface area (Å²) in [6.45, 7) is 9.84. The molecule has 0 aromatic heterocycles. The minimum atomic E-state index is -1.30. The minimum absolute atomic E-state index is 0.136. The maximum absolute atomic E-state index is 12.7. The van der Waals surface area contributed by atoms with Crippen molar-refractivity contribution in [1.29, 1.82) is 0 Å². The number of hydrogen-bond acceptors (Lipinski definition) is 5. The van der Waals surface area contributed by atoms with Crippen molar-refractivity contribution in [2.75, 3.05) is 4.90 Å². The van der Waals surface area contributed by atoms with Gasteiger partial charge in [-0.25, -0.2) is 14.4 Å². The van der Waals surface area contributed by atoms with Crippen LogP contribution < -0.4 is 4.90 Å². The number of halogens is 2. The Kier molecular flexibility index (Phi) is 7.46. The Labute approximate surface area is 175 Å². The molecule has 0 aliphatic carbocycles. The molecule has 0 bridgehead atoms. The second kappa shape index (κ2) is 8.60. The van der Waals surface area contributed by atoms with Gasteiger partial charge in [0.2, 0.25) is 0 Å². The molecule has 0 radical (unpaired) electrons. The molecule has 2 amide bonds. The second-order valence-corrected chi connectivity index (χ2v) is 9.11. The molecule has 7 nitrogen and oxygen atoms in total. The molecule has 1 aromatic carbocycles. The van der Waals surface area contributed by atoms with E-state index in [4.69, 9.17) is 9.47 Å². The van der Waals surface area contributed by atoms with Gasteiger partial charge in [0.1, 0.15) is 11.2 Å². The highest BCUT2D eigenvalue weighted by Gasteiger charge is 2.35. The monoisotopic (exact) mass is 507 g/mol. The summed E-state index contributed by atoms with van der Waals surface area (Å²) in [5, 5.41) is 9.94. The normalized spacial score (nSPS) is 11.7. The fraction of sp³-hybridized carbons (Fsp3) is 0.500. The number of benzene rings is 1. The number of ether oxygens (including phenoxy) is 2. The zero-order valence-electron chi connectivity index (χ0n) is 16.1. The standard InChI is InChI=1S/C18H23Br2NO6/c1-17(2,3)26-15(24)21(16(25)27-18(4,5)6)13-7-10(9-19)12(20)8-11(13)14(22)23/h7-8H,9H2,1-6H3,(H,22,23). The highest BCUT2D eigenvalue weighted by molar-refractivity contribution is 9.10. The second-order valence-electron chi connectivity index (χ2n) is 7.70. The summed E-state index contributed by atoms with van der Waals surface area (Å²) in [7, 11) is 0. The number of carboxylic acids is 1. The van der Waals surface area contributed by atoms with Crippen molar-refractivity contribution in [3.63, 3.8) is 0 Å². The van der Waals surface area contributed by atoms with Crippen LogP contribution in [0.25, 0.3) is 0 Å². The predicted octanol–water partition coefficient (Wildman–Crippen LogP) is 5.72. The lowest BCUT2D eigenvalue weighted by molar-refractivity contribution is 0.0430. The molecule has 0 fully saturated rings. The van der Waals surface area contributed by atoms with Crippen LogP contribution in [0.2, 0.25) is 0 Å². The first-order valence-electron chi connectivity index (χ1n) is 8.04. The number of carboxylic acid groups (broad SMARTS) is 1. The Morgan fingerprint density at radius 2 is 1.44 bits per heavy atom. The number of imide groups is 1. The van der Waals surface area contributed by atoms with Crippen LogP contribution in [0.4, 0.5) is 15.3 Å². The molecule has 1 aromatic rings. The van der Waals surface area contributed by atoms with Crippen molar-refractivity contribution in [2.24, 2.45) is 0 Å². The van der Waals surface area contributed by atoms with Crippen LogP contribution in [0.3, 0.4) is 0 Å². The molecule has 0 spiro atoms. The third-order valence-electron chi connectivity index (χ3n) is 2.93. The van der Waals surface area contributed by atoms with E-state index in [2.05, 4.69) is 31.9 Å². The maximum atomic E-state index is 12.7. The van der Waals surface area contributed by atoms with Gasteiger partial charge < -0.3 is 14.6 Å². The summed E-state index contributed by atoms with van der Waals surface area (Å²) < 4.78 is 11.1. The smallest absolute Gasteiger partial charge is 0.424 e. The van der Waals surface area contributed by atoms with Gasteiger partial charge in [-0.3, -0.25) is 0 Å². The van der Waals surface area contributed by atoms with Gasteiger partial charge in [0.15, 0.2) is 0 Å². The van der Waals surface area contributed by atoms with Crippen LogP contribution >= 0.6 is 31.9 Å². The average molecular weight is 509 g/mol. The Bertz CT molecular complexity index is 721. The van der Waals surface area contributed by atoms with Crippen LogP contribution in [-0.4, -0.2) is 34.5 Å². The van der Waals surface area contributed by atoms with Crippen LogP contribution in [-0.2, 0) is 14.8 Å². The molecule has 150 valence electrons. The molecule has 0 aliphatic rings. The number of nitrogens with zero attached hydrogens (tertiary/aromatic N) is 1. The molecule has 1 N–H and O–H groups in total. The number of hydrogen-bond donors (Lipinski definition) is 1. The van der Waals surface area contributed by atoms with E-state index in [1.165, 1.54) is 12.1 Å². The molecular weight excluding hydrogens is 486 g/mol. The summed E-state index contributed by atoms with van der Waals surface area (Å²) in [5.41, 5.74) is -1.53. The van der Waals surface area contributed by atoms with E-state index in [0.717, 1.165) is 0 Å². The molecule has 0 heterocycles. The molecule has 0 aliphatic heterocycles. The van der Waals surface area contributed by atoms with Crippen molar-refractivity contribution in [2.45, 2.75) is 58.1 Å². The molecule has 1 rings (SSSR count). The van der Waals surface area contributed by atoms with Crippen molar-refractivity contribution in [1.82, 2.24) is 0 Å². The lowest BCUT2D eigenvalue weighted by Crippen LogP contribution is -2.44. The summed E-state index contributed by atoms with van der Waals surface area (Å²) in [5.74, 6) is -1.30. The van der Waals surface area contributed by atoms with Crippen molar-refractivity contribution in [3.05, 3.63) is 27.7 Å². The topological polar surface area (TPSA) is 93.1 Å². The predicted molar refractivity (Wildman–Crippen MR) is 109 cm³/mol. The summed E-state index contributed by atoms with van der Waals surface area (Å²) in [6.07, 6.45) is -2.05. The fourth-order valence-corrected chi connectivity index (χ4v) is 3.27. The van der Waals surface area contributed by atoms with Gasteiger partial charge in [-0.1, -0.05) is 31.9 Å². The molecule has 0 saturated carbocycles. The number of anilines is 1. The van der Waals surface area contributed by atoms with Gasteiger partial charge in [0.25, 0.3) is 0 Å². The zero-order valence-corrected chi connectivity index (χ0v) is 19.2. The van der Waals surface area contributed by atoms with Gasteiger partial charge in [0.05, 0.1) is 11.3 Å². The lowest BCUT2D eigenvalue weighted by atomic mass is 10.1. The van der Waals surface area contributed by atoms with E-state index >= 15 is 0 Å². The number of alkyl halides is 1. The SMILES string of the molecule is CC(C)(C)OC(=O)N(C(=O)OC(C)(C)C)c1cc(CBr)c(Br)cc1C(=O)O. The van der Waals surface area contributed by atoms with Crippen molar-refractivity contribution in [3.8, 4) is 0 Å². The Morgan fingerprint density at radius 3 is 1.78 bits per heavy atom. The third-order valence-corrected chi connectivity index (χ3v) is 4.27. The molecule has 0 atom stereocenters. The Morgan fingerprint density at radius 1 is 1.00 bits per heavy atom. The molecule has 0 unspecified atom stereocenters. The molecular formula is C18H23Br2NO6. The largest absolute Gasteiger partial charge is 0.478 e. The van der Waals surface area contributed by atoms with Crippen LogP contribution in [0.5, 0.6) is 0 Å². The number of carbonyl (C=O) groups excluding carboxylic acids is 2. The zero-order chi connectivity index (χ0) is 21.2. The number of amides is 2. The van der Waals surface area contributed by atoms with Crippen LogP contribution in [0, 0.1) is 0 Å². The quantitative estimate of drug-likeness (QED) is 0.525. The van der Waals surface area contributed by atoms with E-state index in [1.807, 2.05) is 0 Å². The van der Waals surface area contributed by atoms with E-state index in [-0.39, 0.29) is 11.3 Å². The van der Waals surface area contributed by atoms with Gasteiger partial charge in [0, 0.05) is 9.80 Å². The lowest BCUT2D eigenvalue weighted by Gasteiger charge is -2.29. The van der Waals surface area contributed by atoms with E-state index in [9.17, 15) is 19.5 Å².